The molecule has 4 rings (SSSR count). The number of esters is 1. The summed E-state index contributed by atoms with van der Waals surface area (Å²) in [6, 6.07) is 8.88. The van der Waals surface area contributed by atoms with Crippen LogP contribution in [0.4, 0.5) is 0 Å². The molecule has 1 aromatic carbocycles. The molecule has 30 heavy (non-hydrogen) atoms. The van der Waals surface area contributed by atoms with E-state index in [4.69, 9.17) is 9.15 Å². The number of oxazole rings is 1. The van der Waals surface area contributed by atoms with Crippen LogP contribution >= 0.6 is 0 Å². The molecule has 9 nitrogen and oxygen atoms in total. The Bertz CT molecular complexity index is 1250. The summed E-state index contributed by atoms with van der Waals surface area (Å²) in [5.41, 5.74) is 2.67. The van der Waals surface area contributed by atoms with Gasteiger partial charge >= 0.3 is 5.97 Å². The SMILES string of the molecule is CCOC(=O)c1coc(-c2cccc(Cc3nn(-c4cnn(C)c4)ccc3=O)c2)n1. The third-order valence-electron chi connectivity index (χ3n) is 4.37. The zero-order valence-corrected chi connectivity index (χ0v) is 16.5. The van der Waals surface area contributed by atoms with Crippen molar-refractivity contribution < 1.29 is 13.9 Å². The molecular formula is C21H19N5O4. The number of carbonyl (C=O) groups is 1. The van der Waals surface area contributed by atoms with Crippen LogP contribution < -0.4 is 5.43 Å². The zero-order chi connectivity index (χ0) is 21.1. The Morgan fingerprint density at radius 2 is 2.13 bits per heavy atom. The highest BCUT2D eigenvalue weighted by Gasteiger charge is 2.15. The fourth-order valence-corrected chi connectivity index (χ4v) is 2.95. The minimum atomic E-state index is -0.534. The molecule has 152 valence electrons. The van der Waals surface area contributed by atoms with Gasteiger partial charge in [-0.1, -0.05) is 12.1 Å². The molecule has 9 heteroatoms. The van der Waals surface area contributed by atoms with Crippen LogP contribution in [0.1, 0.15) is 28.7 Å². The van der Waals surface area contributed by atoms with E-state index in [0.29, 0.717) is 23.6 Å². The number of hydrogen-bond donors (Lipinski definition) is 0. The minimum Gasteiger partial charge on any atom is -0.461 e. The predicted octanol–water partition coefficient (Wildman–Crippen LogP) is 2.39. The Hall–Kier alpha value is -4.01. The lowest BCUT2D eigenvalue weighted by molar-refractivity contribution is 0.0519. The van der Waals surface area contributed by atoms with Crippen LogP contribution in [0.15, 0.2) is 64.4 Å². The maximum atomic E-state index is 12.3. The summed E-state index contributed by atoms with van der Waals surface area (Å²) in [5, 5.41) is 8.58. The first kappa shape index (κ1) is 19.3. The maximum absolute atomic E-state index is 12.3. The van der Waals surface area contributed by atoms with Gasteiger partial charge in [0.15, 0.2) is 5.69 Å². The molecule has 3 heterocycles. The third kappa shape index (κ3) is 4.04. The van der Waals surface area contributed by atoms with Gasteiger partial charge in [-0.3, -0.25) is 9.48 Å². The number of aromatic nitrogens is 5. The highest BCUT2D eigenvalue weighted by atomic mass is 16.5. The summed E-state index contributed by atoms with van der Waals surface area (Å²) >= 11 is 0. The molecule has 0 bridgehead atoms. The zero-order valence-electron chi connectivity index (χ0n) is 16.5. The summed E-state index contributed by atoms with van der Waals surface area (Å²) < 4.78 is 13.6. The average molecular weight is 405 g/mol. The molecule has 4 aromatic rings. The number of rotatable bonds is 6. The average Bonchev–Trinajstić information content (AvgIpc) is 3.40. The maximum Gasteiger partial charge on any atom is 0.360 e. The minimum absolute atomic E-state index is 0.112. The molecule has 0 amide bonds. The lowest BCUT2D eigenvalue weighted by Gasteiger charge is -2.06. The summed E-state index contributed by atoms with van der Waals surface area (Å²) in [4.78, 5) is 28.3. The van der Waals surface area contributed by atoms with Gasteiger partial charge in [-0.15, -0.1) is 0 Å². The molecule has 0 fully saturated rings. The molecule has 3 aromatic heterocycles. The summed E-state index contributed by atoms with van der Waals surface area (Å²) in [6.07, 6.45) is 6.70. The van der Waals surface area contributed by atoms with Crippen LogP contribution in [0.25, 0.3) is 17.1 Å². The summed E-state index contributed by atoms with van der Waals surface area (Å²) in [5.74, 6) is -0.234. The van der Waals surface area contributed by atoms with Gasteiger partial charge in [-0.25, -0.2) is 14.5 Å². The topological polar surface area (TPSA) is 105 Å². The normalized spacial score (nSPS) is 10.9. The number of hydrogen-bond acceptors (Lipinski definition) is 7. The van der Waals surface area contributed by atoms with E-state index in [9.17, 15) is 9.59 Å². The van der Waals surface area contributed by atoms with Gasteiger partial charge in [0.2, 0.25) is 11.3 Å². The Kier molecular flexibility index (Phi) is 5.25. The summed E-state index contributed by atoms with van der Waals surface area (Å²) in [7, 11) is 1.81. The second kappa shape index (κ2) is 8.16. The molecule has 0 saturated carbocycles. The van der Waals surface area contributed by atoms with Crippen LogP contribution in [-0.2, 0) is 18.2 Å². The molecule has 0 saturated heterocycles. The van der Waals surface area contributed by atoms with Gasteiger partial charge in [0.25, 0.3) is 0 Å². The highest BCUT2D eigenvalue weighted by molar-refractivity contribution is 5.87. The van der Waals surface area contributed by atoms with Crippen molar-refractivity contribution in [3.05, 3.63) is 82.4 Å². The predicted molar refractivity (Wildman–Crippen MR) is 107 cm³/mol. The van der Waals surface area contributed by atoms with Crippen molar-refractivity contribution in [2.75, 3.05) is 6.61 Å². The number of ether oxygens (including phenoxy) is 1. The molecule has 0 aliphatic rings. The van der Waals surface area contributed by atoms with Gasteiger partial charge < -0.3 is 9.15 Å². The lowest BCUT2D eigenvalue weighted by atomic mass is 10.1. The Balaban J connectivity index is 1.60. The van der Waals surface area contributed by atoms with E-state index in [-0.39, 0.29) is 17.7 Å². The van der Waals surface area contributed by atoms with Crippen molar-refractivity contribution in [1.29, 1.82) is 0 Å². The Morgan fingerprint density at radius 3 is 2.90 bits per heavy atom. The fourth-order valence-electron chi connectivity index (χ4n) is 2.95. The van der Waals surface area contributed by atoms with Gasteiger partial charge in [0.1, 0.15) is 17.6 Å². The van der Waals surface area contributed by atoms with Crippen LogP contribution in [0.5, 0.6) is 0 Å². The molecule has 0 aliphatic heterocycles. The quantitative estimate of drug-likeness (QED) is 0.454. The number of carbonyl (C=O) groups excluding carboxylic acids is 1. The second-order valence-electron chi connectivity index (χ2n) is 6.58. The standard InChI is InChI=1S/C21H19N5O4/c1-3-29-21(28)18-13-30-20(23-18)15-6-4-5-14(9-15)10-17-19(27)7-8-26(24-17)16-11-22-25(2)12-16/h4-9,11-13H,3,10H2,1-2H3. The van der Waals surface area contributed by atoms with Crippen LogP contribution in [0.3, 0.4) is 0 Å². The largest absolute Gasteiger partial charge is 0.461 e. The molecule has 0 aliphatic carbocycles. The highest BCUT2D eigenvalue weighted by Crippen LogP contribution is 2.21. The lowest BCUT2D eigenvalue weighted by Crippen LogP contribution is -2.16. The van der Waals surface area contributed by atoms with Gasteiger partial charge in [0, 0.05) is 31.3 Å². The van der Waals surface area contributed by atoms with Crippen molar-refractivity contribution >= 4 is 5.97 Å². The third-order valence-corrected chi connectivity index (χ3v) is 4.37. The number of aryl methyl sites for hydroxylation is 1. The first-order chi connectivity index (χ1) is 14.5. The van der Waals surface area contributed by atoms with E-state index in [1.807, 2.05) is 37.5 Å². The van der Waals surface area contributed by atoms with Crippen molar-refractivity contribution in [3.63, 3.8) is 0 Å². The molecule has 0 unspecified atom stereocenters. The van der Waals surface area contributed by atoms with E-state index >= 15 is 0 Å². The second-order valence-corrected chi connectivity index (χ2v) is 6.58. The van der Waals surface area contributed by atoms with E-state index in [1.54, 1.807) is 28.7 Å². The van der Waals surface area contributed by atoms with Crippen LogP contribution in [0.2, 0.25) is 0 Å². The van der Waals surface area contributed by atoms with Gasteiger partial charge in [-0.2, -0.15) is 10.2 Å². The van der Waals surface area contributed by atoms with Crippen LogP contribution in [-0.4, -0.2) is 37.1 Å². The van der Waals surface area contributed by atoms with Gasteiger partial charge in [-0.05, 0) is 24.6 Å². The van der Waals surface area contributed by atoms with E-state index in [0.717, 1.165) is 11.3 Å². The molecule has 0 radical (unpaired) electrons. The summed E-state index contributed by atoms with van der Waals surface area (Å²) in [6.45, 7) is 1.99. The van der Waals surface area contributed by atoms with Crippen molar-refractivity contribution in [1.82, 2.24) is 24.5 Å². The van der Waals surface area contributed by atoms with Gasteiger partial charge in [0.05, 0.1) is 19.0 Å². The Labute approximate surface area is 171 Å². The first-order valence-electron chi connectivity index (χ1n) is 9.33. The van der Waals surface area contributed by atoms with Crippen molar-refractivity contribution in [2.24, 2.45) is 7.05 Å². The van der Waals surface area contributed by atoms with Crippen LogP contribution in [0, 0.1) is 0 Å². The van der Waals surface area contributed by atoms with E-state index in [1.165, 1.54) is 12.3 Å². The molecular weight excluding hydrogens is 386 g/mol. The molecule has 0 N–H and O–H groups in total. The fraction of sp³-hybridized carbons (Fsp3) is 0.190. The first-order valence-corrected chi connectivity index (χ1v) is 9.33. The van der Waals surface area contributed by atoms with E-state index < -0.39 is 5.97 Å². The smallest absolute Gasteiger partial charge is 0.360 e. The monoisotopic (exact) mass is 405 g/mol. The van der Waals surface area contributed by atoms with Crippen molar-refractivity contribution in [3.8, 4) is 17.1 Å². The van der Waals surface area contributed by atoms with Crippen molar-refractivity contribution in [2.45, 2.75) is 13.3 Å². The number of benzene rings is 1. The van der Waals surface area contributed by atoms with E-state index in [2.05, 4.69) is 15.2 Å². The molecule has 0 spiro atoms. The Morgan fingerprint density at radius 1 is 1.27 bits per heavy atom. The molecule has 0 atom stereocenters. The number of nitrogens with zero attached hydrogens (tertiary/aromatic N) is 5.